The number of hydrogen-bond acceptors (Lipinski definition) is 1. The molecule has 2 rings (SSSR count). The molecular formula is C17H25N. The first-order valence-corrected chi connectivity index (χ1v) is 7.25. The Morgan fingerprint density at radius 1 is 1.28 bits per heavy atom. The van der Waals surface area contributed by atoms with Crippen LogP contribution in [0.2, 0.25) is 0 Å². The lowest BCUT2D eigenvalue weighted by molar-refractivity contribution is 0.804. The highest BCUT2D eigenvalue weighted by molar-refractivity contribution is 5.64. The number of anilines is 1. The summed E-state index contributed by atoms with van der Waals surface area (Å²) in [6.45, 7) is 9.14. The molecule has 0 saturated heterocycles. The van der Waals surface area contributed by atoms with Gasteiger partial charge in [0.05, 0.1) is 0 Å². The molecule has 0 aromatic heterocycles. The second kappa shape index (κ2) is 6.08. The number of fused-ring (bicyclic) bond motifs is 1. The van der Waals surface area contributed by atoms with E-state index in [4.69, 9.17) is 0 Å². The predicted octanol–water partition coefficient (Wildman–Crippen LogP) is 4.53. The third-order valence-electron chi connectivity index (χ3n) is 3.71. The molecule has 18 heavy (non-hydrogen) atoms. The third kappa shape index (κ3) is 2.77. The van der Waals surface area contributed by atoms with Gasteiger partial charge in [-0.25, -0.2) is 0 Å². The van der Waals surface area contributed by atoms with Gasteiger partial charge in [0.1, 0.15) is 0 Å². The molecule has 0 amide bonds. The van der Waals surface area contributed by atoms with E-state index in [1.165, 1.54) is 30.6 Å². The Morgan fingerprint density at radius 2 is 2.11 bits per heavy atom. The Kier molecular flexibility index (Phi) is 4.46. The maximum atomic E-state index is 2.57. The van der Waals surface area contributed by atoms with Crippen LogP contribution >= 0.6 is 0 Å². The summed E-state index contributed by atoms with van der Waals surface area (Å²) in [4.78, 5) is 2.57. The molecule has 0 N–H and O–H groups in total. The fourth-order valence-electron chi connectivity index (χ4n) is 2.77. The number of allylic oxidation sites excluding steroid dienone is 1. The van der Waals surface area contributed by atoms with Gasteiger partial charge in [-0.15, -0.1) is 0 Å². The van der Waals surface area contributed by atoms with Crippen molar-refractivity contribution in [2.75, 3.05) is 18.0 Å². The van der Waals surface area contributed by atoms with E-state index in [1.54, 1.807) is 5.56 Å². The minimum atomic E-state index is 0.617. The lowest BCUT2D eigenvalue weighted by Gasteiger charge is -2.23. The van der Waals surface area contributed by atoms with Gasteiger partial charge < -0.3 is 4.90 Å². The SMILES string of the molecule is CC/C=C/CCN1CCc2cccc(C(C)C)c21. The van der Waals surface area contributed by atoms with Crippen molar-refractivity contribution in [2.24, 2.45) is 0 Å². The Hall–Kier alpha value is -1.24. The van der Waals surface area contributed by atoms with Crippen LogP contribution in [0, 0.1) is 0 Å². The largest absolute Gasteiger partial charge is 0.370 e. The molecule has 1 nitrogen and oxygen atoms in total. The molecule has 1 aliphatic rings. The Morgan fingerprint density at radius 3 is 2.83 bits per heavy atom. The van der Waals surface area contributed by atoms with E-state index < -0.39 is 0 Å². The van der Waals surface area contributed by atoms with Crippen molar-refractivity contribution < 1.29 is 0 Å². The van der Waals surface area contributed by atoms with Crippen LogP contribution in [-0.4, -0.2) is 13.1 Å². The summed E-state index contributed by atoms with van der Waals surface area (Å²) in [6.07, 6.45) is 8.11. The van der Waals surface area contributed by atoms with Crippen molar-refractivity contribution >= 4 is 5.69 Å². The number of para-hydroxylation sites is 1. The van der Waals surface area contributed by atoms with Crippen molar-refractivity contribution in [2.45, 2.75) is 46.0 Å². The van der Waals surface area contributed by atoms with Crippen LogP contribution in [0.3, 0.4) is 0 Å². The standard InChI is InChI=1S/C17H25N/c1-4-5-6-7-12-18-13-11-15-9-8-10-16(14(2)3)17(15)18/h5-6,8-10,14H,4,7,11-13H2,1-3H3/b6-5+. The van der Waals surface area contributed by atoms with Crippen molar-refractivity contribution in [1.29, 1.82) is 0 Å². The van der Waals surface area contributed by atoms with Crippen LogP contribution in [0.4, 0.5) is 5.69 Å². The molecule has 1 aromatic carbocycles. The van der Waals surface area contributed by atoms with Gasteiger partial charge in [0.15, 0.2) is 0 Å². The topological polar surface area (TPSA) is 3.24 Å². The molecule has 0 spiro atoms. The van der Waals surface area contributed by atoms with Gasteiger partial charge in [-0.05, 0) is 36.3 Å². The van der Waals surface area contributed by atoms with Gasteiger partial charge in [0, 0.05) is 18.8 Å². The van der Waals surface area contributed by atoms with Gasteiger partial charge in [0.25, 0.3) is 0 Å². The molecule has 0 unspecified atom stereocenters. The number of rotatable bonds is 5. The molecule has 0 saturated carbocycles. The summed E-state index contributed by atoms with van der Waals surface area (Å²) < 4.78 is 0. The first-order valence-electron chi connectivity index (χ1n) is 7.25. The van der Waals surface area contributed by atoms with Gasteiger partial charge >= 0.3 is 0 Å². The van der Waals surface area contributed by atoms with Crippen LogP contribution in [0.1, 0.15) is 50.7 Å². The molecule has 0 bridgehead atoms. The smallest absolute Gasteiger partial charge is 0.0434 e. The van der Waals surface area contributed by atoms with Crippen molar-refractivity contribution in [3.8, 4) is 0 Å². The predicted molar refractivity (Wildman–Crippen MR) is 80.5 cm³/mol. The zero-order valence-corrected chi connectivity index (χ0v) is 11.9. The summed E-state index contributed by atoms with van der Waals surface area (Å²) in [5.74, 6) is 0.617. The summed E-state index contributed by atoms with van der Waals surface area (Å²) in [5, 5.41) is 0. The quantitative estimate of drug-likeness (QED) is 0.687. The Labute approximate surface area is 112 Å². The number of hydrogen-bond donors (Lipinski definition) is 0. The van der Waals surface area contributed by atoms with E-state index in [-0.39, 0.29) is 0 Å². The fourth-order valence-corrected chi connectivity index (χ4v) is 2.77. The number of nitrogens with zero attached hydrogens (tertiary/aromatic N) is 1. The van der Waals surface area contributed by atoms with Crippen LogP contribution in [0.25, 0.3) is 0 Å². The lowest BCUT2D eigenvalue weighted by atomic mass is 9.98. The molecule has 1 heterocycles. The minimum absolute atomic E-state index is 0.617. The van der Waals surface area contributed by atoms with Gasteiger partial charge in [0.2, 0.25) is 0 Å². The first-order chi connectivity index (χ1) is 8.74. The van der Waals surface area contributed by atoms with Gasteiger partial charge in [-0.3, -0.25) is 0 Å². The molecule has 0 atom stereocenters. The molecule has 1 aromatic rings. The average Bonchev–Trinajstić information content (AvgIpc) is 2.77. The Balaban J connectivity index is 2.13. The fraction of sp³-hybridized carbons (Fsp3) is 0.529. The zero-order chi connectivity index (χ0) is 13.0. The first kappa shape index (κ1) is 13.2. The molecular weight excluding hydrogens is 218 g/mol. The second-order valence-corrected chi connectivity index (χ2v) is 5.42. The van der Waals surface area contributed by atoms with Gasteiger partial charge in [-0.2, -0.15) is 0 Å². The van der Waals surface area contributed by atoms with E-state index in [1.807, 2.05) is 0 Å². The molecule has 0 radical (unpaired) electrons. The maximum absolute atomic E-state index is 2.57. The highest BCUT2D eigenvalue weighted by atomic mass is 15.1. The van der Waals surface area contributed by atoms with Crippen molar-refractivity contribution in [3.63, 3.8) is 0 Å². The average molecular weight is 243 g/mol. The van der Waals surface area contributed by atoms with E-state index in [2.05, 4.69) is 56.0 Å². The maximum Gasteiger partial charge on any atom is 0.0434 e. The summed E-state index contributed by atoms with van der Waals surface area (Å²) in [7, 11) is 0. The van der Waals surface area contributed by atoms with E-state index >= 15 is 0 Å². The summed E-state index contributed by atoms with van der Waals surface area (Å²) in [6, 6.07) is 6.81. The molecule has 98 valence electrons. The minimum Gasteiger partial charge on any atom is -0.370 e. The van der Waals surface area contributed by atoms with E-state index in [0.717, 1.165) is 13.0 Å². The summed E-state index contributed by atoms with van der Waals surface area (Å²) >= 11 is 0. The van der Waals surface area contributed by atoms with E-state index in [0.29, 0.717) is 5.92 Å². The number of benzene rings is 1. The highest BCUT2D eigenvalue weighted by Gasteiger charge is 2.22. The van der Waals surface area contributed by atoms with Crippen LogP contribution in [0.5, 0.6) is 0 Å². The van der Waals surface area contributed by atoms with Crippen LogP contribution in [-0.2, 0) is 6.42 Å². The highest BCUT2D eigenvalue weighted by Crippen LogP contribution is 2.35. The lowest BCUT2D eigenvalue weighted by Crippen LogP contribution is -2.22. The van der Waals surface area contributed by atoms with Gasteiger partial charge in [-0.1, -0.05) is 51.1 Å². The van der Waals surface area contributed by atoms with Crippen LogP contribution < -0.4 is 4.90 Å². The second-order valence-electron chi connectivity index (χ2n) is 5.42. The third-order valence-corrected chi connectivity index (χ3v) is 3.71. The normalized spacial score (nSPS) is 14.8. The zero-order valence-electron chi connectivity index (χ0n) is 11.9. The molecule has 0 fully saturated rings. The molecule has 1 heteroatoms. The van der Waals surface area contributed by atoms with E-state index in [9.17, 15) is 0 Å². The summed E-state index contributed by atoms with van der Waals surface area (Å²) in [5.41, 5.74) is 4.59. The molecule has 1 aliphatic heterocycles. The van der Waals surface area contributed by atoms with Crippen molar-refractivity contribution in [1.82, 2.24) is 0 Å². The molecule has 0 aliphatic carbocycles. The van der Waals surface area contributed by atoms with Crippen molar-refractivity contribution in [3.05, 3.63) is 41.5 Å². The monoisotopic (exact) mass is 243 g/mol. The van der Waals surface area contributed by atoms with Crippen LogP contribution in [0.15, 0.2) is 30.4 Å². The Bertz CT molecular complexity index is 418.